The van der Waals surface area contributed by atoms with E-state index < -0.39 is 0 Å². The second kappa shape index (κ2) is 5.07. The molecule has 0 N–H and O–H groups in total. The Bertz CT molecular complexity index is 956. The van der Waals surface area contributed by atoms with Gasteiger partial charge in [0.05, 0.1) is 23.2 Å². The summed E-state index contributed by atoms with van der Waals surface area (Å²) in [5.41, 5.74) is 3.95. The molecule has 2 heterocycles. The number of benzene rings is 2. The van der Waals surface area contributed by atoms with Crippen molar-refractivity contribution in [3.05, 3.63) is 72.9 Å². The van der Waals surface area contributed by atoms with Gasteiger partial charge in [-0.25, -0.2) is 15.0 Å². The maximum Gasteiger partial charge on any atom is 0.161 e. The minimum Gasteiger partial charge on any atom is -0.305 e. The average Bonchev–Trinajstić information content (AvgIpc) is 3.01. The summed E-state index contributed by atoms with van der Waals surface area (Å²) in [6.07, 6.45) is 5.68. The van der Waals surface area contributed by atoms with E-state index in [9.17, 15) is 0 Å². The zero-order chi connectivity index (χ0) is 14.9. The van der Waals surface area contributed by atoms with Crippen LogP contribution >= 0.6 is 0 Å². The first kappa shape index (κ1) is 12.7. The standard InChI is InChI=1S/C18H14N4/c1-13-11-22(12-20-13)17-9-5-3-7-15(17)18-19-10-14-6-2-4-8-16(14)21-18/h2-12H,1H3. The predicted octanol–water partition coefficient (Wildman–Crippen LogP) is 3.79. The second-order valence-electron chi connectivity index (χ2n) is 5.19. The second-order valence-corrected chi connectivity index (χ2v) is 5.19. The monoisotopic (exact) mass is 286 g/mol. The van der Waals surface area contributed by atoms with Crippen LogP contribution in [0.25, 0.3) is 28.0 Å². The third kappa shape index (κ3) is 2.15. The SMILES string of the molecule is Cc1cn(-c2ccccc2-c2ncc3ccccc3n2)cn1. The molecule has 4 rings (SSSR count). The van der Waals surface area contributed by atoms with Crippen LogP contribution in [-0.4, -0.2) is 19.5 Å². The van der Waals surface area contributed by atoms with Gasteiger partial charge in [0.1, 0.15) is 0 Å². The molecule has 0 aliphatic heterocycles. The zero-order valence-electron chi connectivity index (χ0n) is 12.1. The molecule has 0 unspecified atom stereocenters. The van der Waals surface area contributed by atoms with Gasteiger partial charge in [-0.05, 0) is 25.1 Å². The van der Waals surface area contributed by atoms with Gasteiger partial charge in [-0.2, -0.15) is 0 Å². The molecule has 0 aliphatic carbocycles. The summed E-state index contributed by atoms with van der Waals surface area (Å²) in [5.74, 6) is 0.723. The number of aryl methyl sites for hydroxylation is 1. The quantitative estimate of drug-likeness (QED) is 0.563. The summed E-state index contributed by atoms with van der Waals surface area (Å²) >= 11 is 0. The maximum atomic E-state index is 4.69. The number of nitrogens with zero attached hydrogens (tertiary/aromatic N) is 4. The van der Waals surface area contributed by atoms with Crippen LogP contribution in [0.15, 0.2) is 67.3 Å². The van der Waals surface area contributed by atoms with E-state index >= 15 is 0 Å². The van der Waals surface area contributed by atoms with Crippen molar-refractivity contribution in [2.75, 3.05) is 0 Å². The van der Waals surface area contributed by atoms with Gasteiger partial charge in [0.15, 0.2) is 5.82 Å². The average molecular weight is 286 g/mol. The van der Waals surface area contributed by atoms with Crippen molar-refractivity contribution < 1.29 is 0 Å². The first-order valence-electron chi connectivity index (χ1n) is 7.13. The highest BCUT2D eigenvalue weighted by Gasteiger charge is 2.10. The molecule has 0 bridgehead atoms. The molecule has 0 aliphatic rings. The molecular weight excluding hydrogens is 272 g/mol. The highest BCUT2D eigenvalue weighted by Crippen LogP contribution is 2.25. The van der Waals surface area contributed by atoms with Crippen molar-refractivity contribution in [2.24, 2.45) is 0 Å². The Balaban J connectivity index is 1.91. The topological polar surface area (TPSA) is 43.6 Å². The smallest absolute Gasteiger partial charge is 0.161 e. The third-order valence-corrected chi connectivity index (χ3v) is 3.62. The van der Waals surface area contributed by atoms with Crippen LogP contribution in [0.5, 0.6) is 0 Å². The molecule has 2 aromatic heterocycles. The molecule has 0 radical (unpaired) electrons. The van der Waals surface area contributed by atoms with E-state index in [1.54, 1.807) is 0 Å². The molecular formula is C18H14N4. The highest BCUT2D eigenvalue weighted by atomic mass is 15.0. The van der Waals surface area contributed by atoms with Crippen molar-refractivity contribution >= 4 is 10.9 Å². The number of para-hydroxylation sites is 2. The minimum absolute atomic E-state index is 0.723. The number of hydrogen-bond acceptors (Lipinski definition) is 3. The van der Waals surface area contributed by atoms with Gasteiger partial charge in [0.25, 0.3) is 0 Å². The molecule has 0 saturated heterocycles. The maximum absolute atomic E-state index is 4.69. The van der Waals surface area contributed by atoms with Gasteiger partial charge < -0.3 is 4.57 Å². The van der Waals surface area contributed by atoms with Crippen LogP contribution in [0, 0.1) is 6.92 Å². The van der Waals surface area contributed by atoms with Gasteiger partial charge >= 0.3 is 0 Å². The highest BCUT2D eigenvalue weighted by molar-refractivity contribution is 5.80. The lowest BCUT2D eigenvalue weighted by atomic mass is 10.1. The van der Waals surface area contributed by atoms with Crippen LogP contribution < -0.4 is 0 Å². The molecule has 4 nitrogen and oxygen atoms in total. The van der Waals surface area contributed by atoms with Crippen LogP contribution in [0.2, 0.25) is 0 Å². The fourth-order valence-electron chi connectivity index (χ4n) is 2.54. The summed E-state index contributed by atoms with van der Waals surface area (Å²) in [6.45, 7) is 1.98. The van der Waals surface area contributed by atoms with Crippen LogP contribution in [0.4, 0.5) is 0 Å². The van der Waals surface area contributed by atoms with Gasteiger partial charge in [-0.1, -0.05) is 30.3 Å². The molecule has 22 heavy (non-hydrogen) atoms. The molecule has 4 aromatic rings. The lowest BCUT2D eigenvalue weighted by Gasteiger charge is -2.09. The zero-order valence-corrected chi connectivity index (χ0v) is 12.1. The number of rotatable bonds is 2. The summed E-state index contributed by atoms with van der Waals surface area (Å²) < 4.78 is 2.00. The summed E-state index contributed by atoms with van der Waals surface area (Å²) in [6, 6.07) is 16.1. The fourth-order valence-corrected chi connectivity index (χ4v) is 2.54. The number of imidazole rings is 1. The van der Waals surface area contributed by atoms with Crippen LogP contribution in [0.3, 0.4) is 0 Å². The summed E-state index contributed by atoms with van der Waals surface area (Å²) in [4.78, 5) is 13.5. The van der Waals surface area contributed by atoms with Crippen molar-refractivity contribution in [2.45, 2.75) is 6.92 Å². The molecule has 4 heteroatoms. The van der Waals surface area contributed by atoms with E-state index in [4.69, 9.17) is 4.98 Å². The van der Waals surface area contributed by atoms with Gasteiger partial charge in [0.2, 0.25) is 0 Å². The lowest BCUT2D eigenvalue weighted by Crippen LogP contribution is -1.97. The molecule has 106 valence electrons. The van der Waals surface area contributed by atoms with Crippen LogP contribution in [-0.2, 0) is 0 Å². The number of hydrogen-bond donors (Lipinski definition) is 0. The molecule has 0 spiro atoms. The summed E-state index contributed by atoms with van der Waals surface area (Å²) in [5, 5.41) is 1.04. The van der Waals surface area contributed by atoms with E-state index in [2.05, 4.69) is 16.0 Å². The Morgan fingerprint density at radius 3 is 2.59 bits per heavy atom. The largest absolute Gasteiger partial charge is 0.305 e. The Hall–Kier alpha value is -3.01. The van der Waals surface area contributed by atoms with Crippen LogP contribution in [0.1, 0.15) is 5.69 Å². The molecule has 0 atom stereocenters. The van der Waals surface area contributed by atoms with Gasteiger partial charge in [0, 0.05) is 23.3 Å². The van der Waals surface area contributed by atoms with Crippen molar-refractivity contribution in [1.82, 2.24) is 19.5 Å². The normalized spacial score (nSPS) is 11.0. The van der Waals surface area contributed by atoms with E-state index in [1.165, 1.54) is 0 Å². The van der Waals surface area contributed by atoms with E-state index in [1.807, 2.05) is 72.7 Å². The number of aromatic nitrogens is 4. The first-order valence-corrected chi connectivity index (χ1v) is 7.13. The third-order valence-electron chi connectivity index (χ3n) is 3.62. The van der Waals surface area contributed by atoms with Gasteiger partial charge in [-0.3, -0.25) is 0 Å². The van der Waals surface area contributed by atoms with E-state index in [0.717, 1.165) is 33.7 Å². The molecule has 0 saturated carbocycles. The molecule has 0 fully saturated rings. The molecule has 0 amide bonds. The Morgan fingerprint density at radius 2 is 1.73 bits per heavy atom. The van der Waals surface area contributed by atoms with E-state index in [-0.39, 0.29) is 0 Å². The van der Waals surface area contributed by atoms with E-state index in [0.29, 0.717) is 0 Å². The predicted molar refractivity (Wildman–Crippen MR) is 86.8 cm³/mol. The minimum atomic E-state index is 0.723. The van der Waals surface area contributed by atoms with Gasteiger partial charge in [-0.15, -0.1) is 0 Å². The first-order chi connectivity index (χ1) is 10.8. The Kier molecular flexibility index (Phi) is 2.93. The number of fused-ring (bicyclic) bond motifs is 1. The molecule has 2 aromatic carbocycles. The lowest BCUT2D eigenvalue weighted by molar-refractivity contribution is 1.05. The van der Waals surface area contributed by atoms with Crippen molar-refractivity contribution in [3.8, 4) is 17.1 Å². The van der Waals surface area contributed by atoms with Crippen molar-refractivity contribution in [3.63, 3.8) is 0 Å². The van der Waals surface area contributed by atoms with Crippen molar-refractivity contribution in [1.29, 1.82) is 0 Å². The summed E-state index contributed by atoms with van der Waals surface area (Å²) in [7, 11) is 0. The Morgan fingerprint density at radius 1 is 0.909 bits per heavy atom. The fraction of sp³-hybridized carbons (Fsp3) is 0.0556. The Labute approximate surface area is 128 Å².